The van der Waals surface area contributed by atoms with Crippen LogP contribution in [-0.2, 0) is 16.6 Å². The molecule has 0 aliphatic heterocycles. The van der Waals surface area contributed by atoms with E-state index in [0.29, 0.717) is 23.8 Å². The number of sulfonamides is 1. The average Bonchev–Trinajstić information content (AvgIpc) is 2.64. The zero-order chi connectivity index (χ0) is 19.2. The standard InChI is InChI=1S/C19H24N2O4S/c1-14(2)12-20-19(22)15-8-10-17(11-9-15)26(23,24)21-13-16-6-4-5-7-18(16)25-3/h4-11,14,21H,12-13H2,1-3H3,(H,20,22). The van der Waals surface area contributed by atoms with Gasteiger partial charge in [-0.15, -0.1) is 0 Å². The van der Waals surface area contributed by atoms with Gasteiger partial charge in [0.2, 0.25) is 10.0 Å². The van der Waals surface area contributed by atoms with E-state index >= 15 is 0 Å². The third-order valence-corrected chi connectivity index (χ3v) is 5.16. The van der Waals surface area contributed by atoms with Crippen molar-refractivity contribution in [1.82, 2.24) is 10.0 Å². The lowest BCUT2D eigenvalue weighted by Crippen LogP contribution is -2.27. The van der Waals surface area contributed by atoms with Gasteiger partial charge in [-0.05, 0) is 36.2 Å². The second-order valence-electron chi connectivity index (χ2n) is 6.26. The van der Waals surface area contributed by atoms with E-state index in [9.17, 15) is 13.2 Å². The Hall–Kier alpha value is -2.38. The molecule has 2 rings (SSSR count). The van der Waals surface area contributed by atoms with Gasteiger partial charge in [-0.2, -0.15) is 0 Å². The molecule has 2 aromatic rings. The Balaban J connectivity index is 2.06. The van der Waals surface area contributed by atoms with E-state index < -0.39 is 10.0 Å². The van der Waals surface area contributed by atoms with Crippen LogP contribution in [0.15, 0.2) is 53.4 Å². The Labute approximate surface area is 154 Å². The molecule has 26 heavy (non-hydrogen) atoms. The predicted molar refractivity (Wildman–Crippen MR) is 101 cm³/mol. The van der Waals surface area contributed by atoms with Crippen molar-refractivity contribution in [2.45, 2.75) is 25.3 Å². The van der Waals surface area contributed by atoms with Gasteiger partial charge in [-0.25, -0.2) is 13.1 Å². The molecule has 6 nitrogen and oxygen atoms in total. The van der Waals surface area contributed by atoms with Crippen LogP contribution in [0, 0.1) is 5.92 Å². The first-order valence-electron chi connectivity index (χ1n) is 8.33. The lowest BCUT2D eigenvalue weighted by Gasteiger charge is -2.11. The minimum Gasteiger partial charge on any atom is -0.496 e. The van der Waals surface area contributed by atoms with Crippen LogP contribution < -0.4 is 14.8 Å². The van der Waals surface area contributed by atoms with Crippen LogP contribution in [0.2, 0.25) is 0 Å². The van der Waals surface area contributed by atoms with Crippen molar-refractivity contribution in [3.8, 4) is 5.75 Å². The fourth-order valence-corrected chi connectivity index (χ4v) is 3.30. The Morgan fingerprint density at radius 3 is 2.35 bits per heavy atom. The van der Waals surface area contributed by atoms with Crippen molar-refractivity contribution in [2.24, 2.45) is 5.92 Å². The Morgan fingerprint density at radius 1 is 1.08 bits per heavy atom. The van der Waals surface area contributed by atoms with Gasteiger partial charge in [0.25, 0.3) is 5.91 Å². The number of benzene rings is 2. The SMILES string of the molecule is COc1ccccc1CNS(=O)(=O)c1ccc(C(=O)NCC(C)C)cc1. The molecule has 0 aliphatic rings. The number of ether oxygens (including phenoxy) is 1. The average molecular weight is 376 g/mol. The Kier molecular flexibility index (Phi) is 6.76. The van der Waals surface area contributed by atoms with E-state index in [0.717, 1.165) is 5.56 Å². The summed E-state index contributed by atoms with van der Waals surface area (Å²) in [6, 6.07) is 13.1. The fourth-order valence-electron chi connectivity index (χ4n) is 2.29. The van der Waals surface area contributed by atoms with E-state index in [1.165, 1.54) is 31.4 Å². The quantitative estimate of drug-likeness (QED) is 0.742. The topological polar surface area (TPSA) is 84.5 Å². The Morgan fingerprint density at radius 2 is 1.73 bits per heavy atom. The van der Waals surface area contributed by atoms with Crippen LogP contribution in [0.4, 0.5) is 0 Å². The first kappa shape index (κ1) is 19.9. The number of carbonyl (C=O) groups excluding carboxylic acids is 1. The second kappa shape index (κ2) is 8.82. The van der Waals surface area contributed by atoms with E-state index in [1.54, 1.807) is 12.1 Å². The van der Waals surface area contributed by atoms with Crippen LogP contribution in [0.5, 0.6) is 5.75 Å². The molecule has 0 unspecified atom stereocenters. The molecule has 0 atom stereocenters. The van der Waals surface area contributed by atoms with Gasteiger partial charge in [-0.3, -0.25) is 4.79 Å². The molecule has 2 aromatic carbocycles. The third kappa shape index (κ3) is 5.31. The van der Waals surface area contributed by atoms with Gasteiger partial charge in [0.1, 0.15) is 5.75 Å². The molecular weight excluding hydrogens is 352 g/mol. The van der Waals surface area contributed by atoms with Crippen molar-refractivity contribution in [1.29, 1.82) is 0 Å². The number of nitrogens with one attached hydrogen (secondary N) is 2. The highest BCUT2D eigenvalue weighted by molar-refractivity contribution is 7.89. The number of hydrogen-bond donors (Lipinski definition) is 2. The smallest absolute Gasteiger partial charge is 0.251 e. The van der Waals surface area contributed by atoms with Crippen LogP contribution in [-0.4, -0.2) is 28.0 Å². The lowest BCUT2D eigenvalue weighted by molar-refractivity contribution is 0.0949. The number of amides is 1. The van der Waals surface area contributed by atoms with Gasteiger partial charge in [0, 0.05) is 24.2 Å². The minimum atomic E-state index is -3.69. The molecule has 0 fully saturated rings. The van der Waals surface area contributed by atoms with Gasteiger partial charge in [0.05, 0.1) is 12.0 Å². The number of rotatable bonds is 8. The monoisotopic (exact) mass is 376 g/mol. The van der Waals surface area contributed by atoms with Gasteiger partial charge < -0.3 is 10.1 Å². The zero-order valence-corrected chi connectivity index (χ0v) is 16.0. The van der Waals surface area contributed by atoms with E-state index in [1.807, 2.05) is 26.0 Å². The third-order valence-electron chi connectivity index (χ3n) is 3.74. The summed E-state index contributed by atoms with van der Waals surface area (Å²) in [7, 11) is -2.15. The molecule has 0 aliphatic carbocycles. The number of carbonyl (C=O) groups is 1. The fraction of sp³-hybridized carbons (Fsp3) is 0.316. The maximum absolute atomic E-state index is 12.4. The van der Waals surface area contributed by atoms with Crippen LogP contribution >= 0.6 is 0 Å². The van der Waals surface area contributed by atoms with Gasteiger partial charge in [0.15, 0.2) is 0 Å². The number of para-hydroxylation sites is 1. The molecule has 0 bridgehead atoms. The summed E-state index contributed by atoms with van der Waals surface area (Å²) >= 11 is 0. The summed E-state index contributed by atoms with van der Waals surface area (Å²) in [6.07, 6.45) is 0. The highest BCUT2D eigenvalue weighted by Gasteiger charge is 2.16. The summed E-state index contributed by atoms with van der Waals surface area (Å²) < 4.78 is 32.7. The van der Waals surface area contributed by atoms with Crippen LogP contribution in [0.25, 0.3) is 0 Å². The summed E-state index contributed by atoms with van der Waals surface area (Å²) in [6.45, 7) is 4.69. The highest BCUT2D eigenvalue weighted by Crippen LogP contribution is 2.18. The molecule has 0 aromatic heterocycles. The van der Waals surface area contributed by atoms with E-state index in [4.69, 9.17) is 4.74 Å². The van der Waals surface area contributed by atoms with Crippen molar-refractivity contribution >= 4 is 15.9 Å². The van der Waals surface area contributed by atoms with Crippen molar-refractivity contribution in [2.75, 3.05) is 13.7 Å². The zero-order valence-electron chi connectivity index (χ0n) is 15.2. The summed E-state index contributed by atoms with van der Waals surface area (Å²) in [5.74, 6) is 0.745. The molecule has 0 spiro atoms. The molecule has 0 heterocycles. The molecule has 0 radical (unpaired) electrons. The van der Waals surface area contributed by atoms with Gasteiger partial charge in [-0.1, -0.05) is 32.0 Å². The second-order valence-corrected chi connectivity index (χ2v) is 8.03. The number of methoxy groups -OCH3 is 1. The molecule has 140 valence electrons. The predicted octanol–water partition coefficient (Wildman–Crippen LogP) is 2.56. The Bertz CT molecular complexity index is 846. The molecule has 7 heteroatoms. The van der Waals surface area contributed by atoms with Crippen LogP contribution in [0.1, 0.15) is 29.8 Å². The molecule has 0 saturated heterocycles. The minimum absolute atomic E-state index is 0.104. The normalized spacial score (nSPS) is 11.4. The molecule has 1 amide bonds. The maximum Gasteiger partial charge on any atom is 0.251 e. The van der Waals surface area contributed by atoms with Crippen molar-refractivity contribution < 1.29 is 17.9 Å². The summed E-state index contributed by atoms with van der Waals surface area (Å²) in [4.78, 5) is 12.1. The summed E-state index contributed by atoms with van der Waals surface area (Å²) in [5.41, 5.74) is 1.16. The maximum atomic E-state index is 12.4. The molecule has 0 saturated carbocycles. The largest absolute Gasteiger partial charge is 0.496 e. The van der Waals surface area contributed by atoms with Crippen LogP contribution in [0.3, 0.4) is 0 Å². The first-order valence-corrected chi connectivity index (χ1v) is 9.81. The highest BCUT2D eigenvalue weighted by atomic mass is 32.2. The lowest BCUT2D eigenvalue weighted by atomic mass is 10.2. The first-order chi connectivity index (χ1) is 12.3. The van der Waals surface area contributed by atoms with Gasteiger partial charge >= 0.3 is 0 Å². The van der Waals surface area contributed by atoms with E-state index in [-0.39, 0.29) is 17.3 Å². The van der Waals surface area contributed by atoms with Crippen molar-refractivity contribution in [3.63, 3.8) is 0 Å². The van der Waals surface area contributed by atoms with Crippen molar-refractivity contribution in [3.05, 3.63) is 59.7 Å². The molecule has 2 N–H and O–H groups in total. The number of hydrogen-bond acceptors (Lipinski definition) is 4. The summed E-state index contributed by atoms with van der Waals surface area (Å²) in [5, 5.41) is 2.80. The van der Waals surface area contributed by atoms with E-state index in [2.05, 4.69) is 10.0 Å². The molecular formula is C19H24N2O4S.